The number of rotatable bonds is 1. The lowest BCUT2D eigenvalue weighted by molar-refractivity contribution is 0.624. The van der Waals surface area contributed by atoms with Gasteiger partial charge in [-0.1, -0.05) is 11.8 Å². The van der Waals surface area contributed by atoms with Gasteiger partial charge in [-0.15, -0.1) is 0 Å². The van der Waals surface area contributed by atoms with Crippen molar-refractivity contribution >= 4 is 18.3 Å². The Kier molecular flexibility index (Phi) is 3.66. The third-order valence-corrected chi connectivity index (χ3v) is 1.67. The van der Waals surface area contributed by atoms with Gasteiger partial charge in [0.1, 0.15) is 5.82 Å². The van der Waals surface area contributed by atoms with Crippen molar-refractivity contribution in [1.82, 2.24) is 0 Å². The van der Waals surface area contributed by atoms with Gasteiger partial charge in [-0.05, 0) is 18.2 Å². The minimum atomic E-state index is -0.333. The Bertz CT molecular complexity index is 352. The number of halogens is 1. The van der Waals surface area contributed by atoms with Gasteiger partial charge >= 0.3 is 0 Å². The number of thiol groups is 1. The van der Waals surface area contributed by atoms with Crippen LogP contribution in [0.15, 0.2) is 18.2 Å². The van der Waals surface area contributed by atoms with Crippen LogP contribution in [0.4, 0.5) is 10.1 Å². The molecule has 1 aromatic rings. The maximum atomic E-state index is 13.0. The summed E-state index contributed by atoms with van der Waals surface area (Å²) >= 11 is 3.99. The van der Waals surface area contributed by atoms with Crippen molar-refractivity contribution in [2.24, 2.45) is 0 Å². The predicted octanol–water partition coefficient (Wildman–Crippen LogP) is 2.08. The largest absolute Gasteiger partial charge is 0.399 e. The summed E-state index contributed by atoms with van der Waals surface area (Å²) in [7, 11) is 0. The van der Waals surface area contributed by atoms with Gasteiger partial charge < -0.3 is 5.73 Å². The Labute approximate surface area is 82.6 Å². The normalized spacial score (nSPS) is 9.08. The fourth-order valence-electron chi connectivity index (χ4n) is 0.852. The molecule has 0 aliphatic rings. The van der Waals surface area contributed by atoms with Crippen LogP contribution in [0.2, 0.25) is 0 Å². The van der Waals surface area contributed by atoms with Crippen LogP contribution in [0.5, 0.6) is 0 Å². The molecule has 1 nitrogen and oxygen atoms in total. The third-order valence-electron chi connectivity index (χ3n) is 1.45. The number of nitrogens with two attached hydrogens (primary N) is 1. The highest BCUT2D eigenvalue weighted by Crippen LogP contribution is 2.10. The highest BCUT2D eigenvalue weighted by molar-refractivity contribution is 7.80. The van der Waals surface area contributed by atoms with Crippen molar-refractivity contribution in [1.29, 1.82) is 0 Å². The fraction of sp³-hybridized carbons (Fsp3) is 0.200. The molecule has 0 aliphatic carbocycles. The van der Waals surface area contributed by atoms with E-state index in [1.54, 1.807) is 0 Å². The Morgan fingerprint density at radius 1 is 1.46 bits per heavy atom. The van der Waals surface area contributed by atoms with Gasteiger partial charge in [-0.3, -0.25) is 0 Å². The molecule has 3 heteroatoms. The summed E-state index contributed by atoms with van der Waals surface area (Å²) in [6.45, 7) is 0. The van der Waals surface area contributed by atoms with Crippen LogP contribution < -0.4 is 5.73 Å². The van der Waals surface area contributed by atoms with Crippen LogP contribution in [0, 0.1) is 17.7 Å². The lowest BCUT2D eigenvalue weighted by Crippen LogP contribution is -1.89. The Balaban J connectivity index is 2.89. The zero-order chi connectivity index (χ0) is 9.68. The highest BCUT2D eigenvalue weighted by atomic mass is 32.1. The summed E-state index contributed by atoms with van der Waals surface area (Å²) in [5.74, 6) is 5.84. The minimum Gasteiger partial charge on any atom is -0.399 e. The van der Waals surface area contributed by atoms with Gasteiger partial charge in [0.05, 0.1) is 5.56 Å². The molecule has 1 rings (SSSR count). The molecule has 0 atom stereocenters. The summed E-state index contributed by atoms with van der Waals surface area (Å²) in [5.41, 5.74) is 6.36. The molecule has 0 bridgehead atoms. The molecule has 0 saturated carbocycles. The fourth-order valence-corrected chi connectivity index (χ4v) is 0.964. The van der Waals surface area contributed by atoms with Crippen LogP contribution in [0.3, 0.4) is 0 Å². The molecule has 0 unspecified atom stereocenters. The first-order chi connectivity index (χ1) is 6.24. The molecule has 1 aromatic carbocycles. The first-order valence-corrected chi connectivity index (χ1v) is 4.52. The zero-order valence-electron chi connectivity index (χ0n) is 7.05. The second kappa shape index (κ2) is 4.78. The molecule has 0 fully saturated rings. The van der Waals surface area contributed by atoms with Crippen molar-refractivity contribution in [3.63, 3.8) is 0 Å². The Morgan fingerprint density at radius 2 is 2.23 bits per heavy atom. The van der Waals surface area contributed by atoms with Gasteiger partial charge in [0, 0.05) is 17.9 Å². The van der Waals surface area contributed by atoms with Crippen LogP contribution in [0.1, 0.15) is 12.0 Å². The van der Waals surface area contributed by atoms with E-state index in [1.165, 1.54) is 18.2 Å². The Hall–Kier alpha value is -1.14. The zero-order valence-corrected chi connectivity index (χ0v) is 7.94. The second-order valence-electron chi connectivity index (χ2n) is 2.51. The van der Waals surface area contributed by atoms with Gasteiger partial charge in [-0.2, -0.15) is 12.6 Å². The molecule has 0 radical (unpaired) electrons. The number of anilines is 1. The lowest BCUT2D eigenvalue weighted by Gasteiger charge is -1.95. The molecule has 0 spiro atoms. The number of hydrogen-bond acceptors (Lipinski definition) is 2. The first-order valence-electron chi connectivity index (χ1n) is 3.89. The van der Waals surface area contributed by atoms with Crippen molar-refractivity contribution in [3.8, 4) is 11.8 Å². The monoisotopic (exact) mass is 195 g/mol. The van der Waals surface area contributed by atoms with Crippen molar-refractivity contribution in [2.75, 3.05) is 11.5 Å². The molecule has 68 valence electrons. The summed E-state index contributed by atoms with van der Waals surface area (Å²) in [5, 5.41) is 0. The second-order valence-corrected chi connectivity index (χ2v) is 2.96. The van der Waals surface area contributed by atoms with Gasteiger partial charge in [0.25, 0.3) is 0 Å². The summed E-state index contributed by atoms with van der Waals surface area (Å²) in [6, 6.07) is 4.36. The molecule has 0 heterocycles. The SMILES string of the molecule is Nc1ccc(F)c(C#CCCS)c1. The van der Waals surface area contributed by atoms with Crippen LogP contribution in [-0.4, -0.2) is 5.75 Å². The number of benzene rings is 1. The molecule has 0 saturated heterocycles. The molecular formula is C10H10FNS. The quantitative estimate of drug-likeness (QED) is 0.400. The van der Waals surface area contributed by atoms with Crippen LogP contribution in [0.25, 0.3) is 0 Å². The molecule has 2 N–H and O–H groups in total. The van der Waals surface area contributed by atoms with E-state index in [1.807, 2.05) is 0 Å². The smallest absolute Gasteiger partial charge is 0.138 e. The van der Waals surface area contributed by atoms with E-state index >= 15 is 0 Å². The van der Waals surface area contributed by atoms with E-state index < -0.39 is 0 Å². The van der Waals surface area contributed by atoms with E-state index in [-0.39, 0.29) is 5.82 Å². The minimum absolute atomic E-state index is 0.333. The van der Waals surface area contributed by atoms with Crippen molar-refractivity contribution < 1.29 is 4.39 Å². The van der Waals surface area contributed by atoms with E-state index in [9.17, 15) is 4.39 Å². The lowest BCUT2D eigenvalue weighted by atomic mass is 10.2. The van der Waals surface area contributed by atoms with Gasteiger partial charge in [0.2, 0.25) is 0 Å². The summed E-state index contributed by atoms with van der Waals surface area (Å²) in [6.07, 6.45) is 0.650. The maximum Gasteiger partial charge on any atom is 0.138 e. The number of hydrogen-bond donors (Lipinski definition) is 2. The molecule has 13 heavy (non-hydrogen) atoms. The molecule has 0 aromatic heterocycles. The summed E-state index contributed by atoms with van der Waals surface area (Å²) < 4.78 is 13.0. The van der Waals surface area contributed by atoms with E-state index in [4.69, 9.17) is 5.73 Å². The maximum absolute atomic E-state index is 13.0. The van der Waals surface area contributed by atoms with Gasteiger partial charge in [-0.25, -0.2) is 4.39 Å². The topological polar surface area (TPSA) is 26.0 Å². The van der Waals surface area contributed by atoms with Crippen LogP contribution in [-0.2, 0) is 0 Å². The van der Waals surface area contributed by atoms with E-state index in [0.29, 0.717) is 23.4 Å². The van der Waals surface area contributed by atoms with Crippen molar-refractivity contribution in [2.45, 2.75) is 6.42 Å². The average Bonchev–Trinajstić information content (AvgIpc) is 2.11. The third kappa shape index (κ3) is 3.00. The van der Waals surface area contributed by atoms with Gasteiger partial charge in [0.15, 0.2) is 0 Å². The standard InChI is InChI=1S/C10H10FNS/c11-10-5-4-9(12)7-8(10)3-1-2-6-13/h4-5,7,13H,2,6,12H2. The average molecular weight is 195 g/mol. The molecular weight excluding hydrogens is 185 g/mol. The molecule has 0 amide bonds. The molecule has 0 aliphatic heterocycles. The van der Waals surface area contributed by atoms with Crippen LogP contribution >= 0.6 is 12.6 Å². The highest BCUT2D eigenvalue weighted by Gasteiger charge is 1.97. The van der Waals surface area contributed by atoms with E-state index in [0.717, 1.165) is 0 Å². The van der Waals surface area contributed by atoms with Crippen molar-refractivity contribution in [3.05, 3.63) is 29.6 Å². The summed E-state index contributed by atoms with van der Waals surface area (Å²) in [4.78, 5) is 0. The first kappa shape index (κ1) is 9.94. The Morgan fingerprint density at radius 3 is 2.92 bits per heavy atom. The number of nitrogen functional groups attached to an aromatic ring is 1. The van der Waals surface area contributed by atoms with E-state index in [2.05, 4.69) is 24.5 Å². The predicted molar refractivity (Wildman–Crippen MR) is 56.2 cm³/mol.